The van der Waals surface area contributed by atoms with Gasteiger partial charge in [0.2, 0.25) is 0 Å². The minimum absolute atomic E-state index is 0.152. The molecule has 2 N–H and O–H groups in total. The normalized spacial score (nSPS) is 12.6. The lowest BCUT2D eigenvalue weighted by molar-refractivity contribution is 0.592. The average molecular weight is 315 g/mol. The molecule has 21 heavy (non-hydrogen) atoms. The summed E-state index contributed by atoms with van der Waals surface area (Å²) in [5.41, 5.74) is 7.96. The second-order valence-electron chi connectivity index (χ2n) is 5.19. The largest absolute Gasteiger partial charge is 0.393 e. The Morgan fingerprint density at radius 1 is 1.33 bits per heavy atom. The smallest absolute Gasteiger partial charge is 0.115 e. The van der Waals surface area contributed by atoms with E-state index in [4.69, 9.17) is 22.9 Å². The highest BCUT2D eigenvalue weighted by Gasteiger charge is 2.15. The van der Waals surface area contributed by atoms with E-state index in [1.807, 2.05) is 12.1 Å². The molecule has 108 valence electrons. The van der Waals surface area contributed by atoms with E-state index in [2.05, 4.69) is 41.1 Å². The van der Waals surface area contributed by atoms with Crippen molar-refractivity contribution >= 4 is 39.6 Å². The van der Waals surface area contributed by atoms with Crippen molar-refractivity contribution in [2.24, 2.45) is 11.7 Å². The first kappa shape index (κ1) is 14.2. The van der Waals surface area contributed by atoms with Gasteiger partial charge in [0.1, 0.15) is 5.82 Å². The van der Waals surface area contributed by atoms with Crippen molar-refractivity contribution in [2.45, 2.75) is 19.9 Å². The number of hydrogen-bond acceptors (Lipinski definition) is 3. The molecule has 0 saturated heterocycles. The quantitative estimate of drug-likeness (QED) is 0.732. The number of aromatic nitrogens is 2. The van der Waals surface area contributed by atoms with Gasteiger partial charge < -0.3 is 10.3 Å². The Morgan fingerprint density at radius 2 is 2.14 bits per heavy atom. The second kappa shape index (κ2) is 5.95. The van der Waals surface area contributed by atoms with Crippen LogP contribution in [0, 0.1) is 5.92 Å². The number of imidazole rings is 1. The zero-order valence-electron chi connectivity index (χ0n) is 11.8. The van der Waals surface area contributed by atoms with Crippen LogP contribution in [0.2, 0.25) is 0 Å². The topological polar surface area (TPSA) is 43.8 Å². The van der Waals surface area contributed by atoms with Crippen molar-refractivity contribution in [1.82, 2.24) is 9.55 Å². The van der Waals surface area contributed by atoms with Crippen molar-refractivity contribution in [3.05, 3.63) is 52.5 Å². The highest BCUT2D eigenvalue weighted by molar-refractivity contribution is 7.80. The third kappa shape index (κ3) is 2.99. The van der Waals surface area contributed by atoms with E-state index < -0.39 is 0 Å². The van der Waals surface area contributed by atoms with Gasteiger partial charge >= 0.3 is 0 Å². The molecule has 0 radical (unpaired) electrons. The molecule has 0 aliphatic heterocycles. The lowest BCUT2D eigenvalue weighted by Crippen LogP contribution is -2.23. The maximum atomic E-state index is 5.78. The van der Waals surface area contributed by atoms with Crippen molar-refractivity contribution in [3.63, 3.8) is 0 Å². The minimum atomic E-state index is 0.152. The van der Waals surface area contributed by atoms with E-state index >= 15 is 0 Å². The molecular formula is C16H17N3S2. The molecule has 0 bridgehead atoms. The molecule has 1 unspecified atom stereocenters. The van der Waals surface area contributed by atoms with E-state index in [0.717, 1.165) is 29.8 Å². The number of rotatable bonds is 5. The monoisotopic (exact) mass is 315 g/mol. The average Bonchev–Trinajstić information content (AvgIpc) is 3.08. The number of nitrogens with zero attached hydrogens (tertiary/aromatic N) is 2. The molecule has 0 fully saturated rings. The van der Waals surface area contributed by atoms with E-state index in [0.29, 0.717) is 4.99 Å². The summed E-state index contributed by atoms with van der Waals surface area (Å²) < 4.78 is 2.25. The van der Waals surface area contributed by atoms with Crippen LogP contribution in [0.1, 0.15) is 17.6 Å². The number of para-hydroxylation sites is 2. The Labute approximate surface area is 133 Å². The standard InChI is InChI=1S/C16H17N3S2/c1-11(16(17)20)10-19-14-7-3-2-6-13(14)18-15(19)9-12-5-4-8-21-12/h2-8,11H,9-10H2,1H3,(H2,17,20). The van der Waals surface area contributed by atoms with Crippen LogP contribution in [0.4, 0.5) is 0 Å². The molecule has 5 heteroatoms. The van der Waals surface area contributed by atoms with Gasteiger partial charge in [-0.05, 0) is 23.6 Å². The number of hydrogen-bond donors (Lipinski definition) is 1. The van der Waals surface area contributed by atoms with Gasteiger partial charge in [-0.25, -0.2) is 4.98 Å². The fraction of sp³-hybridized carbons (Fsp3) is 0.250. The summed E-state index contributed by atoms with van der Waals surface area (Å²) >= 11 is 6.88. The SMILES string of the molecule is CC(Cn1c(Cc2cccs2)nc2ccccc21)C(N)=S. The summed E-state index contributed by atoms with van der Waals surface area (Å²) in [6.45, 7) is 2.84. The van der Waals surface area contributed by atoms with Crippen LogP contribution in [0.25, 0.3) is 11.0 Å². The van der Waals surface area contributed by atoms with Crippen LogP contribution in [-0.4, -0.2) is 14.5 Å². The number of nitrogens with two attached hydrogens (primary N) is 1. The molecule has 3 nitrogen and oxygen atoms in total. The van der Waals surface area contributed by atoms with E-state index in [9.17, 15) is 0 Å². The first-order chi connectivity index (χ1) is 10.1. The molecule has 3 rings (SSSR count). The Morgan fingerprint density at radius 3 is 2.86 bits per heavy atom. The van der Waals surface area contributed by atoms with Crippen LogP contribution >= 0.6 is 23.6 Å². The molecule has 3 aromatic rings. The van der Waals surface area contributed by atoms with E-state index in [-0.39, 0.29) is 5.92 Å². The van der Waals surface area contributed by atoms with Crippen LogP contribution in [0.5, 0.6) is 0 Å². The Kier molecular flexibility index (Phi) is 4.03. The molecule has 0 aliphatic rings. The number of benzene rings is 1. The highest BCUT2D eigenvalue weighted by Crippen LogP contribution is 2.21. The lowest BCUT2D eigenvalue weighted by atomic mass is 10.1. The summed E-state index contributed by atoms with van der Waals surface area (Å²) in [4.78, 5) is 6.65. The lowest BCUT2D eigenvalue weighted by Gasteiger charge is -2.14. The van der Waals surface area contributed by atoms with Gasteiger partial charge in [0, 0.05) is 23.8 Å². The predicted octanol–water partition coefficient (Wildman–Crippen LogP) is 3.61. The minimum Gasteiger partial charge on any atom is -0.393 e. The van der Waals surface area contributed by atoms with Crippen LogP contribution < -0.4 is 5.73 Å². The first-order valence-electron chi connectivity index (χ1n) is 6.91. The van der Waals surface area contributed by atoms with Gasteiger partial charge in [0.15, 0.2) is 0 Å². The molecule has 0 saturated carbocycles. The van der Waals surface area contributed by atoms with Crippen LogP contribution in [0.3, 0.4) is 0 Å². The van der Waals surface area contributed by atoms with Crippen LogP contribution in [-0.2, 0) is 13.0 Å². The molecule has 0 amide bonds. The fourth-order valence-corrected chi connectivity index (χ4v) is 3.17. The van der Waals surface area contributed by atoms with Gasteiger partial charge in [-0.3, -0.25) is 0 Å². The number of thiophene rings is 1. The molecule has 2 heterocycles. The predicted molar refractivity (Wildman–Crippen MR) is 92.8 cm³/mol. The summed E-state index contributed by atoms with van der Waals surface area (Å²) in [6.07, 6.45) is 0.844. The summed E-state index contributed by atoms with van der Waals surface area (Å²) in [5.74, 6) is 1.22. The van der Waals surface area contributed by atoms with Gasteiger partial charge in [-0.2, -0.15) is 0 Å². The van der Waals surface area contributed by atoms with Crippen molar-refractivity contribution < 1.29 is 0 Å². The van der Waals surface area contributed by atoms with Gasteiger partial charge in [0.05, 0.1) is 16.0 Å². The highest BCUT2D eigenvalue weighted by atomic mass is 32.1. The zero-order valence-corrected chi connectivity index (χ0v) is 13.5. The maximum absolute atomic E-state index is 5.78. The summed E-state index contributed by atoms with van der Waals surface area (Å²) in [5, 5.41) is 2.10. The molecule has 0 spiro atoms. The van der Waals surface area contributed by atoms with Crippen molar-refractivity contribution in [1.29, 1.82) is 0 Å². The molecule has 2 aromatic heterocycles. The fourth-order valence-electron chi connectivity index (χ4n) is 2.40. The van der Waals surface area contributed by atoms with E-state index in [1.54, 1.807) is 11.3 Å². The molecule has 1 atom stereocenters. The zero-order chi connectivity index (χ0) is 14.8. The Bertz CT molecular complexity index is 759. The molecular weight excluding hydrogens is 298 g/mol. The van der Waals surface area contributed by atoms with Gasteiger partial charge in [-0.15, -0.1) is 11.3 Å². The molecule has 1 aromatic carbocycles. The Balaban J connectivity index is 2.03. The van der Waals surface area contributed by atoms with Crippen LogP contribution in [0.15, 0.2) is 41.8 Å². The Hall–Kier alpha value is -1.72. The summed E-state index contributed by atoms with van der Waals surface area (Å²) in [7, 11) is 0. The van der Waals surface area contributed by atoms with Crippen molar-refractivity contribution in [2.75, 3.05) is 0 Å². The summed E-state index contributed by atoms with van der Waals surface area (Å²) in [6, 6.07) is 12.4. The number of thiocarbonyl (C=S) groups is 1. The van der Waals surface area contributed by atoms with E-state index in [1.165, 1.54) is 4.88 Å². The van der Waals surface area contributed by atoms with Gasteiger partial charge in [0.25, 0.3) is 0 Å². The maximum Gasteiger partial charge on any atom is 0.115 e. The second-order valence-corrected chi connectivity index (χ2v) is 6.69. The van der Waals surface area contributed by atoms with Crippen molar-refractivity contribution in [3.8, 4) is 0 Å². The number of fused-ring (bicyclic) bond motifs is 1. The molecule has 0 aliphatic carbocycles. The first-order valence-corrected chi connectivity index (χ1v) is 8.20. The third-order valence-electron chi connectivity index (χ3n) is 3.59. The third-order valence-corrected chi connectivity index (χ3v) is 4.87. The van der Waals surface area contributed by atoms with Gasteiger partial charge in [-0.1, -0.05) is 37.3 Å².